The first kappa shape index (κ1) is 16.5. The van der Waals surface area contributed by atoms with Crippen LogP contribution in [-0.2, 0) is 20.7 Å². The Labute approximate surface area is 130 Å². The summed E-state index contributed by atoms with van der Waals surface area (Å²) in [7, 11) is 0. The third kappa shape index (κ3) is 4.56. The first-order chi connectivity index (χ1) is 10.4. The molecular weight excluding hydrogens is 282 g/mol. The Morgan fingerprint density at radius 2 is 1.86 bits per heavy atom. The molecule has 1 saturated heterocycles. The van der Waals surface area contributed by atoms with Gasteiger partial charge in [0.25, 0.3) is 0 Å². The van der Waals surface area contributed by atoms with Gasteiger partial charge in [0.15, 0.2) is 6.10 Å². The second-order valence-electron chi connectivity index (χ2n) is 6.39. The minimum absolute atomic E-state index is 0.221. The predicted molar refractivity (Wildman–Crippen MR) is 82.5 cm³/mol. The molecule has 0 radical (unpaired) electrons. The predicted octanol–water partition coefficient (Wildman–Crippen LogP) is 2.15. The summed E-state index contributed by atoms with van der Waals surface area (Å²) in [6.45, 7) is 3.94. The molecule has 1 fully saturated rings. The first-order valence-electron chi connectivity index (χ1n) is 7.61. The van der Waals surface area contributed by atoms with E-state index in [4.69, 9.17) is 9.84 Å². The second kappa shape index (κ2) is 6.92. The van der Waals surface area contributed by atoms with Gasteiger partial charge in [-0.05, 0) is 45.1 Å². The standard InChI is InChI=1S/C17H23NO4/c1-17(2,11-10-12-6-4-3-5-7-12)18-15(19)13-8-9-14(22-13)16(20)21/h3-7,13-14H,8-11H2,1-2H3,(H,18,19)(H,20,21)/t13-,14+/m0/s1. The van der Waals surface area contributed by atoms with Gasteiger partial charge in [0.1, 0.15) is 6.10 Å². The zero-order chi connectivity index (χ0) is 16.2. The fourth-order valence-electron chi connectivity index (χ4n) is 2.59. The molecular formula is C17H23NO4. The summed E-state index contributed by atoms with van der Waals surface area (Å²) >= 11 is 0. The molecule has 1 aliphatic heterocycles. The Hall–Kier alpha value is -1.88. The van der Waals surface area contributed by atoms with Gasteiger partial charge in [-0.1, -0.05) is 30.3 Å². The molecule has 5 nitrogen and oxygen atoms in total. The molecule has 1 aliphatic rings. The van der Waals surface area contributed by atoms with E-state index in [1.807, 2.05) is 32.0 Å². The average Bonchev–Trinajstić information content (AvgIpc) is 2.96. The number of carboxylic acids is 1. The van der Waals surface area contributed by atoms with Crippen LogP contribution in [0.5, 0.6) is 0 Å². The van der Waals surface area contributed by atoms with Gasteiger partial charge in [-0.25, -0.2) is 4.79 Å². The average molecular weight is 305 g/mol. The van der Waals surface area contributed by atoms with E-state index in [-0.39, 0.29) is 11.4 Å². The topological polar surface area (TPSA) is 75.6 Å². The molecule has 22 heavy (non-hydrogen) atoms. The van der Waals surface area contributed by atoms with Gasteiger partial charge in [0, 0.05) is 5.54 Å². The van der Waals surface area contributed by atoms with Gasteiger partial charge < -0.3 is 15.2 Å². The van der Waals surface area contributed by atoms with Crippen molar-refractivity contribution in [3.8, 4) is 0 Å². The molecule has 2 rings (SSSR count). The van der Waals surface area contributed by atoms with Crippen LogP contribution in [0.3, 0.4) is 0 Å². The lowest BCUT2D eigenvalue weighted by Gasteiger charge is -2.28. The zero-order valence-electron chi connectivity index (χ0n) is 13.0. The SMILES string of the molecule is CC(C)(CCc1ccccc1)NC(=O)[C@@H]1CC[C@H](C(=O)O)O1. The fraction of sp³-hybridized carbons (Fsp3) is 0.529. The minimum atomic E-state index is -1.00. The largest absolute Gasteiger partial charge is 0.479 e. The highest BCUT2D eigenvalue weighted by Crippen LogP contribution is 2.21. The number of ether oxygens (including phenoxy) is 1. The van der Waals surface area contributed by atoms with Gasteiger partial charge in [-0.3, -0.25) is 4.79 Å². The molecule has 1 heterocycles. The van der Waals surface area contributed by atoms with Gasteiger partial charge in [-0.15, -0.1) is 0 Å². The van der Waals surface area contributed by atoms with Crippen molar-refractivity contribution in [3.05, 3.63) is 35.9 Å². The first-order valence-corrected chi connectivity index (χ1v) is 7.61. The second-order valence-corrected chi connectivity index (χ2v) is 6.39. The van der Waals surface area contributed by atoms with E-state index in [9.17, 15) is 9.59 Å². The highest BCUT2D eigenvalue weighted by molar-refractivity contribution is 5.83. The number of rotatable bonds is 6. The number of hydrogen-bond donors (Lipinski definition) is 2. The molecule has 1 aromatic carbocycles. The Balaban J connectivity index is 1.83. The molecule has 120 valence electrons. The number of amides is 1. The molecule has 0 aromatic heterocycles. The smallest absolute Gasteiger partial charge is 0.332 e. The van der Waals surface area contributed by atoms with E-state index in [1.54, 1.807) is 0 Å². The lowest BCUT2D eigenvalue weighted by Crippen LogP contribution is -2.48. The van der Waals surface area contributed by atoms with Crippen LogP contribution in [0.25, 0.3) is 0 Å². The Morgan fingerprint density at radius 1 is 1.23 bits per heavy atom. The summed E-state index contributed by atoms with van der Waals surface area (Å²) in [5.41, 5.74) is 0.866. The van der Waals surface area contributed by atoms with E-state index in [1.165, 1.54) is 5.56 Å². The van der Waals surface area contributed by atoms with Crippen molar-refractivity contribution in [2.45, 2.75) is 57.3 Å². The number of aliphatic carboxylic acids is 1. The number of carbonyl (C=O) groups is 2. The Bertz CT molecular complexity index is 527. The van der Waals surface area contributed by atoms with E-state index in [0.29, 0.717) is 12.8 Å². The van der Waals surface area contributed by atoms with E-state index in [0.717, 1.165) is 12.8 Å². The highest BCUT2D eigenvalue weighted by Gasteiger charge is 2.36. The summed E-state index contributed by atoms with van der Waals surface area (Å²) < 4.78 is 5.28. The van der Waals surface area contributed by atoms with Crippen LogP contribution < -0.4 is 5.32 Å². The van der Waals surface area contributed by atoms with Crippen LogP contribution in [0.1, 0.15) is 38.7 Å². The Morgan fingerprint density at radius 3 is 2.45 bits per heavy atom. The number of nitrogens with one attached hydrogen (secondary N) is 1. The molecule has 2 atom stereocenters. The normalized spacial score (nSPS) is 21.5. The summed E-state index contributed by atoms with van der Waals surface area (Å²) in [6.07, 6.45) is 1.00. The van der Waals surface area contributed by atoms with Crippen LogP contribution >= 0.6 is 0 Å². The van der Waals surface area contributed by atoms with E-state index < -0.39 is 18.2 Å². The molecule has 5 heteroatoms. The summed E-state index contributed by atoms with van der Waals surface area (Å²) in [5, 5.41) is 11.9. The lowest BCUT2D eigenvalue weighted by atomic mass is 9.95. The van der Waals surface area contributed by atoms with Crippen molar-refractivity contribution < 1.29 is 19.4 Å². The van der Waals surface area contributed by atoms with Gasteiger partial charge >= 0.3 is 5.97 Å². The van der Waals surface area contributed by atoms with Crippen molar-refractivity contribution in [3.63, 3.8) is 0 Å². The number of carbonyl (C=O) groups excluding carboxylic acids is 1. The van der Waals surface area contributed by atoms with Gasteiger partial charge in [0.05, 0.1) is 0 Å². The maximum absolute atomic E-state index is 12.2. The molecule has 1 aromatic rings. The summed E-state index contributed by atoms with van der Waals surface area (Å²) in [4.78, 5) is 23.1. The Kier molecular flexibility index (Phi) is 5.19. The molecule has 0 unspecified atom stereocenters. The monoisotopic (exact) mass is 305 g/mol. The summed E-state index contributed by atoms with van der Waals surface area (Å²) in [5.74, 6) is -1.22. The van der Waals surface area contributed by atoms with Crippen molar-refractivity contribution in [2.24, 2.45) is 0 Å². The van der Waals surface area contributed by atoms with Crippen LogP contribution in [0.15, 0.2) is 30.3 Å². The molecule has 0 bridgehead atoms. The maximum atomic E-state index is 12.2. The quantitative estimate of drug-likeness (QED) is 0.844. The fourth-order valence-corrected chi connectivity index (χ4v) is 2.59. The number of benzene rings is 1. The minimum Gasteiger partial charge on any atom is -0.479 e. The van der Waals surface area contributed by atoms with Crippen molar-refractivity contribution in [2.75, 3.05) is 0 Å². The maximum Gasteiger partial charge on any atom is 0.332 e. The zero-order valence-corrected chi connectivity index (χ0v) is 13.0. The number of hydrogen-bond acceptors (Lipinski definition) is 3. The van der Waals surface area contributed by atoms with Gasteiger partial charge in [0.2, 0.25) is 5.91 Å². The number of aryl methyl sites for hydroxylation is 1. The van der Waals surface area contributed by atoms with Crippen molar-refractivity contribution in [1.82, 2.24) is 5.32 Å². The molecule has 1 amide bonds. The van der Waals surface area contributed by atoms with Crippen LogP contribution in [0.2, 0.25) is 0 Å². The number of carboxylic acid groups (broad SMARTS) is 1. The molecule has 2 N–H and O–H groups in total. The van der Waals surface area contributed by atoms with Crippen molar-refractivity contribution >= 4 is 11.9 Å². The molecule has 0 spiro atoms. The van der Waals surface area contributed by atoms with Crippen LogP contribution in [0.4, 0.5) is 0 Å². The van der Waals surface area contributed by atoms with Crippen LogP contribution in [-0.4, -0.2) is 34.7 Å². The third-order valence-corrected chi connectivity index (χ3v) is 3.93. The summed E-state index contributed by atoms with van der Waals surface area (Å²) in [6, 6.07) is 10.1. The molecule has 0 aliphatic carbocycles. The van der Waals surface area contributed by atoms with Gasteiger partial charge in [-0.2, -0.15) is 0 Å². The van der Waals surface area contributed by atoms with Crippen molar-refractivity contribution in [1.29, 1.82) is 0 Å². The highest BCUT2D eigenvalue weighted by atomic mass is 16.5. The van der Waals surface area contributed by atoms with E-state index >= 15 is 0 Å². The molecule has 0 saturated carbocycles. The third-order valence-electron chi connectivity index (χ3n) is 3.93. The lowest BCUT2D eigenvalue weighted by molar-refractivity contribution is -0.152. The van der Waals surface area contributed by atoms with E-state index in [2.05, 4.69) is 17.4 Å². The van der Waals surface area contributed by atoms with Crippen LogP contribution in [0, 0.1) is 0 Å².